The molecule has 0 N–H and O–H groups in total. The van der Waals surface area contributed by atoms with Gasteiger partial charge in [-0.25, -0.2) is 4.79 Å². The molecular formula is C16H28N2O2. The summed E-state index contributed by atoms with van der Waals surface area (Å²) in [5, 5.41) is 0. The molecule has 3 aliphatic rings. The Bertz CT molecular complexity index is 335. The van der Waals surface area contributed by atoms with Gasteiger partial charge in [-0.2, -0.15) is 0 Å². The minimum absolute atomic E-state index is 0.234. The number of amides is 2. The first-order valence-corrected chi connectivity index (χ1v) is 8.33. The Morgan fingerprint density at radius 2 is 1.95 bits per heavy atom. The minimum atomic E-state index is 0.234. The molecular weight excluding hydrogens is 252 g/mol. The summed E-state index contributed by atoms with van der Waals surface area (Å²) in [6.07, 6.45) is 9.25. The number of likely N-dealkylation sites (N-methyl/N-ethyl adjacent to an activating group) is 1. The molecule has 3 fully saturated rings. The number of hydrogen-bond donors (Lipinski definition) is 0. The Hall–Kier alpha value is -0.770. The highest BCUT2D eigenvalue weighted by Crippen LogP contribution is 2.31. The van der Waals surface area contributed by atoms with E-state index in [-0.39, 0.29) is 6.03 Å². The lowest BCUT2D eigenvalue weighted by atomic mass is 9.84. The van der Waals surface area contributed by atoms with E-state index in [2.05, 4.69) is 4.90 Å². The molecule has 2 amide bonds. The molecule has 1 saturated carbocycles. The molecule has 2 atom stereocenters. The number of ether oxygens (including phenoxy) is 1. The first kappa shape index (κ1) is 14.2. The van der Waals surface area contributed by atoms with Gasteiger partial charge in [-0.1, -0.05) is 32.1 Å². The van der Waals surface area contributed by atoms with Gasteiger partial charge in [-0.3, -0.25) is 0 Å². The summed E-state index contributed by atoms with van der Waals surface area (Å²) < 4.78 is 5.46. The van der Waals surface area contributed by atoms with Crippen LogP contribution in [0.15, 0.2) is 0 Å². The van der Waals surface area contributed by atoms with E-state index < -0.39 is 0 Å². The van der Waals surface area contributed by atoms with E-state index >= 15 is 0 Å². The van der Waals surface area contributed by atoms with Crippen LogP contribution in [0.3, 0.4) is 0 Å². The van der Waals surface area contributed by atoms with Crippen LogP contribution >= 0.6 is 0 Å². The van der Waals surface area contributed by atoms with Crippen molar-refractivity contribution in [3.8, 4) is 0 Å². The molecule has 20 heavy (non-hydrogen) atoms. The first-order chi connectivity index (χ1) is 9.74. The average Bonchev–Trinajstić information content (AvgIpc) is 3.05. The van der Waals surface area contributed by atoms with Crippen LogP contribution in [-0.2, 0) is 4.74 Å². The van der Waals surface area contributed by atoms with Gasteiger partial charge in [-0.15, -0.1) is 0 Å². The van der Waals surface area contributed by atoms with Crippen LogP contribution in [0.4, 0.5) is 4.79 Å². The van der Waals surface area contributed by atoms with Crippen LogP contribution in [0.2, 0.25) is 0 Å². The molecule has 1 aliphatic carbocycles. The Morgan fingerprint density at radius 3 is 2.65 bits per heavy atom. The topological polar surface area (TPSA) is 32.8 Å². The third kappa shape index (κ3) is 3.11. The van der Waals surface area contributed by atoms with E-state index in [4.69, 9.17) is 4.74 Å². The fraction of sp³-hybridized carbons (Fsp3) is 0.938. The van der Waals surface area contributed by atoms with Crippen molar-refractivity contribution in [3.63, 3.8) is 0 Å². The van der Waals surface area contributed by atoms with Gasteiger partial charge in [0, 0.05) is 32.7 Å². The predicted octanol–water partition coefficient (Wildman–Crippen LogP) is 2.73. The van der Waals surface area contributed by atoms with E-state index in [0.29, 0.717) is 12.0 Å². The smallest absolute Gasteiger partial charge is 0.320 e. The highest BCUT2D eigenvalue weighted by Gasteiger charge is 2.38. The van der Waals surface area contributed by atoms with Gasteiger partial charge in [-0.05, 0) is 18.8 Å². The molecule has 4 heteroatoms. The zero-order chi connectivity index (χ0) is 13.9. The summed E-state index contributed by atoms with van der Waals surface area (Å²) in [6, 6.07) is 0.675. The maximum absolute atomic E-state index is 12.4. The molecule has 0 bridgehead atoms. The summed E-state index contributed by atoms with van der Waals surface area (Å²) in [5.74, 6) is 1.40. The number of carbonyl (C=O) groups excluding carboxylic acids is 1. The van der Waals surface area contributed by atoms with E-state index in [1.54, 1.807) is 0 Å². The molecule has 0 spiro atoms. The van der Waals surface area contributed by atoms with Crippen molar-refractivity contribution in [1.29, 1.82) is 0 Å². The van der Waals surface area contributed by atoms with Crippen molar-refractivity contribution in [1.82, 2.24) is 9.80 Å². The van der Waals surface area contributed by atoms with Crippen molar-refractivity contribution < 1.29 is 9.53 Å². The molecule has 114 valence electrons. The second kappa shape index (κ2) is 6.33. The number of hydrogen-bond acceptors (Lipinski definition) is 2. The maximum Gasteiger partial charge on any atom is 0.320 e. The van der Waals surface area contributed by atoms with Crippen molar-refractivity contribution in [2.75, 3.05) is 33.4 Å². The zero-order valence-electron chi connectivity index (χ0n) is 12.7. The SMILES string of the molecule is CN1CC(CC2CCCCC2)N(CC2CCOC2)C1=O. The van der Waals surface area contributed by atoms with Crippen molar-refractivity contribution in [2.45, 2.75) is 51.0 Å². The number of carbonyl (C=O) groups is 1. The minimum Gasteiger partial charge on any atom is -0.381 e. The second-order valence-corrected chi connectivity index (χ2v) is 6.94. The lowest BCUT2D eigenvalue weighted by Gasteiger charge is -2.30. The largest absolute Gasteiger partial charge is 0.381 e. The Labute approximate surface area is 122 Å². The molecule has 0 aromatic heterocycles. The summed E-state index contributed by atoms with van der Waals surface area (Å²) in [5.41, 5.74) is 0. The first-order valence-electron chi connectivity index (χ1n) is 8.33. The monoisotopic (exact) mass is 280 g/mol. The molecule has 4 nitrogen and oxygen atoms in total. The third-order valence-corrected chi connectivity index (χ3v) is 5.31. The lowest BCUT2D eigenvalue weighted by Crippen LogP contribution is -2.39. The van der Waals surface area contributed by atoms with Crippen molar-refractivity contribution >= 4 is 6.03 Å². The number of urea groups is 1. The average molecular weight is 280 g/mol. The van der Waals surface area contributed by atoms with Gasteiger partial charge < -0.3 is 14.5 Å². The van der Waals surface area contributed by atoms with Gasteiger partial charge in [0.15, 0.2) is 0 Å². The highest BCUT2D eigenvalue weighted by atomic mass is 16.5. The van der Waals surface area contributed by atoms with Crippen LogP contribution in [-0.4, -0.2) is 55.2 Å². The number of nitrogens with zero attached hydrogens (tertiary/aromatic N) is 2. The molecule has 2 heterocycles. The molecule has 0 radical (unpaired) electrons. The molecule has 3 rings (SSSR count). The van der Waals surface area contributed by atoms with Crippen molar-refractivity contribution in [3.05, 3.63) is 0 Å². The Morgan fingerprint density at radius 1 is 1.15 bits per heavy atom. The van der Waals surface area contributed by atoms with Crippen LogP contribution in [0, 0.1) is 11.8 Å². The summed E-state index contributed by atoms with van der Waals surface area (Å²) in [4.78, 5) is 16.4. The summed E-state index contributed by atoms with van der Waals surface area (Å²) in [6.45, 7) is 3.53. The van der Waals surface area contributed by atoms with Crippen LogP contribution in [0.5, 0.6) is 0 Å². The maximum atomic E-state index is 12.4. The van der Waals surface area contributed by atoms with Gasteiger partial charge in [0.05, 0.1) is 12.6 Å². The third-order valence-electron chi connectivity index (χ3n) is 5.31. The highest BCUT2D eigenvalue weighted by molar-refractivity contribution is 5.76. The molecule has 0 aromatic carbocycles. The summed E-state index contributed by atoms with van der Waals surface area (Å²) >= 11 is 0. The van der Waals surface area contributed by atoms with Crippen LogP contribution in [0.25, 0.3) is 0 Å². The van der Waals surface area contributed by atoms with E-state index in [0.717, 1.165) is 38.6 Å². The van der Waals surface area contributed by atoms with E-state index in [1.807, 2.05) is 11.9 Å². The normalized spacial score (nSPS) is 32.4. The molecule has 2 saturated heterocycles. The van der Waals surface area contributed by atoms with Crippen LogP contribution < -0.4 is 0 Å². The Balaban J connectivity index is 1.59. The van der Waals surface area contributed by atoms with Gasteiger partial charge in [0.2, 0.25) is 0 Å². The fourth-order valence-electron chi connectivity index (χ4n) is 4.11. The fourth-order valence-corrected chi connectivity index (χ4v) is 4.11. The summed E-state index contributed by atoms with van der Waals surface area (Å²) in [7, 11) is 1.95. The Kier molecular flexibility index (Phi) is 4.49. The van der Waals surface area contributed by atoms with Gasteiger partial charge in [0.25, 0.3) is 0 Å². The molecule has 0 aromatic rings. The molecule has 2 aliphatic heterocycles. The lowest BCUT2D eigenvalue weighted by molar-refractivity contribution is 0.153. The zero-order valence-corrected chi connectivity index (χ0v) is 12.7. The standard InChI is InChI=1S/C16H28N2O2/c1-17-11-15(9-13-5-3-2-4-6-13)18(16(17)19)10-14-7-8-20-12-14/h13-15H,2-12H2,1H3. The molecule has 2 unspecified atom stereocenters. The number of rotatable bonds is 4. The van der Waals surface area contributed by atoms with Crippen LogP contribution in [0.1, 0.15) is 44.9 Å². The van der Waals surface area contributed by atoms with Gasteiger partial charge in [0.1, 0.15) is 0 Å². The quantitative estimate of drug-likeness (QED) is 0.793. The van der Waals surface area contributed by atoms with E-state index in [1.165, 1.54) is 38.5 Å². The van der Waals surface area contributed by atoms with Gasteiger partial charge >= 0.3 is 6.03 Å². The van der Waals surface area contributed by atoms with Crippen molar-refractivity contribution in [2.24, 2.45) is 11.8 Å². The van der Waals surface area contributed by atoms with E-state index in [9.17, 15) is 4.79 Å². The second-order valence-electron chi connectivity index (χ2n) is 6.94. The predicted molar refractivity (Wildman–Crippen MR) is 78.6 cm³/mol.